The number of anilines is 1. The smallest absolute Gasteiger partial charge is 0.305 e. The molecule has 0 saturated carbocycles. The number of hydrogen-bond donors (Lipinski definition) is 1. The van der Waals surface area contributed by atoms with Crippen molar-refractivity contribution in [3.05, 3.63) is 30.1 Å². The molecule has 4 heteroatoms. The molecule has 0 spiro atoms. The van der Waals surface area contributed by atoms with Crippen molar-refractivity contribution in [1.29, 1.82) is 0 Å². The second-order valence-electron chi connectivity index (χ2n) is 3.58. The number of para-hydroxylation sites is 1. The van der Waals surface area contributed by atoms with Crippen LogP contribution in [0.15, 0.2) is 24.3 Å². The zero-order chi connectivity index (χ0) is 12.0. The van der Waals surface area contributed by atoms with Gasteiger partial charge in [-0.1, -0.05) is 19.1 Å². The molecule has 0 amide bonds. The minimum Gasteiger partial charge on any atom is -0.481 e. The summed E-state index contributed by atoms with van der Waals surface area (Å²) in [6.07, 6.45) is 0.877. The molecule has 0 unspecified atom stereocenters. The molecule has 0 aliphatic carbocycles. The standard InChI is InChI=1S/C12H16FNO2/c1-2-8-14(9-7-12(15)16)11-6-4-3-5-10(11)13/h3-6H,2,7-9H2,1H3,(H,15,16). The third-order valence-electron chi connectivity index (χ3n) is 2.28. The van der Waals surface area contributed by atoms with Crippen molar-refractivity contribution >= 4 is 11.7 Å². The molecular weight excluding hydrogens is 209 g/mol. The number of hydrogen-bond acceptors (Lipinski definition) is 2. The lowest BCUT2D eigenvalue weighted by atomic mass is 10.2. The van der Waals surface area contributed by atoms with E-state index in [4.69, 9.17) is 5.11 Å². The molecule has 0 saturated heterocycles. The number of benzene rings is 1. The summed E-state index contributed by atoms with van der Waals surface area (Å²) >= 11 is 0. The molecule has 0 radical (unpaired) electrons. The maximum Gasteiger partial charge on any atom is 0.305 e. The van der Waals surface area contributed by atoms with E-state index < -0.39 is 5.97 Å². The molecule has 16 heavy (non-hydrogen) atoms. The average molecular weight is 225 g/mol. The number of halogens is 1. The zero-order valence-corrected chi connectivity index (χ0v) is 9.32. The predicted octanol–water partition coefficient (Wildman–Crippen LogP) is 2.52. The minimum absolute atomic E-state index is 0.0222. The summed E-state index contributed by atoms with van der Waals surface area (Å²) < 4.78 is 13.5. The van der Waals surface area contributed by atoms with Crippen LogP contribution in [0.2, 0.25) is 0 Å². The van der Waals surface area contributed by atoms with E-state index in [0.717, 1.165) is 6.42 Å². The Morgan fingerprint density at radius 2 is 2.06 bits per heavy atom. The molecule has 0 atom stereocenters. The van der Waals surface area contributed by atoms with E-state index in [-0.39, 0.29) is 12.2 Å². The van der Waals surface area contributed by atoms with Crippen molar-refractivity contribution in [3.63, 3.8) is 0 Å². The highest BCUT2D eigenvalue weighted by Gasteiger charge is 2.11. The van der Waals surface area contributed by atoms with Gasteiger partial charge in [-0.25, -0.2) is 4.39 Å². The molecule has 0 fully saturated rings. The van der Waals surface area contributed by atoms with E-state index >= 15 is 0 Å². The Bertz CT molecular complexity index is 355. The van der Waals surface area contributed by atoms with Crippen molar-refractivity contribution in [3.8, 4) is 0 Å². The lowest BCUT2D eigenvalue weighted by Gasteiger charge is -2.23. The minimum atomic E-state index is -0.863. The number of rotatable bonds is 6. The van der Waals surface area contributed by atoms with Gasteiger partial charge in [-0.15, -0.1) is 0 Å². The Morgan fingerprint density at radius 1 is 1.38 bits per heavy atom. The van der Waals surface area contributed by atoms with E-state index in [9.17, 15) is 9.18 Å². The molecule has 1 rings (SSSR count). The summed E-state index contributed by atoms with van der Waals surface area (Å²) in [5.74, 6) is -1.17. The van der Waals surface area contributed by atoms with E-state index in [1.54, 1.807) is 23.1 Å². The Morgan fingerprint density at radius 3 is 2.62 bits per heavy atom. The van der Waals surface area contributed by atoms with Gasteiger partial charge in [-0.3, -0.25) is 4.79 Å². The van der Waals surface area contributed by atoms with Gasteiger partial charge < -0.3 is 10.0 Å². The first-order valence-electron chi connectivity index (χ1n) is 5.36. The third kappa shape index (κ3) is 3.53. The summed E-state index contributed by atoms with van der Waals surface area (Å²) in [4.78, 5) is 12.3. The van der Waals surface area contributed by atoms with Crippen LogP contribution in [0, 0.1) is 5.82 Å². The first-order valence-corrected chi connectivity index (χ1v) is 5.36. The quantitative estimate of drug-likeness (QED) is 0.808. The molecule has 88 valence electrons. The molecular formula is C12H16FNO2. The van der Waals surface area contributed by atoms with Gasteiger partial charge in [0.05, 0.1) is 12.1 Å². The number of carboxylic acids is 1. The maximum absolute atomic E-state index is 13.5. The highest BCUT2D eigenvalue weighted by atomic mass is 19.1. The second-order valence-corrected chi connectivity index (χ2v) is 3.58. The van der Waals surface area contributed by atoms with Crippen molar-refractivity contribution < 1.29 is 14.3 Å². The fourth-order valence-electron chi connectivity index (χ4n) is 1.56. The number of aliphatic carboxylic acids is 1. The SMILES string of the molecule is CCCN(CCC(=O)O)c1ccccc1F. The highest BCUT2D eigenvalue weighted by molar-refractivity contribution is 5.67. The lowest BCUT2D eigenvalue weighted by molar-refractivity contribution is -0.136. The van der Waals surface area contributed by atoms with E-state index in [1.807, 2.05) is 6.92 Å². The summed E-state index contributed by atoms with van der Waals surface area (Å²) in [7, 11) is 0. The molecule has 0 bridgehead atoms. The van der Waals surface area contributed by atoms with Gasteiger partial charge in [0.2, 0.25) is 0 Å². The summed E-state index contributed by atoms with van der Waals surface area (Å²) in [6, 6.07) is 6.44. The first kappa shape index (κ1) is 12.5. The molecule has 0 aliphatic heterocycles. The topological polar surface area (TPSA) is 40.5 Å². The van der Waals surface area contributed by atoms with Crippen LogP contribution < -0.4 is 4.90 Å². The van der Waals surface area contributed by atoms with Crippen LogP contribution in [0.3, 0.4) is 0 Å². The van der Waals surface area contributed by atoms with Crippen molar-refractivity contribution in [2.45, 2.75) is 19.8 Å². The fraction of sp³-hybridized carbons (Fsp3) is 0.417. The molecule has 0 heterocycles. The highest BCUT2D eigenvalue weighted by Crippen LogP contribution is 2.19. The molecule has 0 aliphatic rings. The van der Waals surface area contributed by atoms with Crippen LogP contribution in [-0.4, -0.2) is 24.2 Å². The van der Waals surface area contributed by atoms with Crippen molar-refractivity contribution in [1.82, 2.24) is 0 Å². The summed E-state index contributed by atoms with van der Waals surface area (Å²) in [5.41, 5.74) is 0.477. The average Bonchev–Trinajstić information content (AvgIpc) is 2.25. The van der Waals surface area contributed by atoms with Crippen molar-refractivity contribution in [2.75, 3.05) is 18.0 Å². The Kier molecular flexibility index (Phi) is 4.76. The number of carbonyl (C=O) groups is 1. The van der Waals surface area contributed by atoms with E-state index in [2.05, 4.69) is 0 Å². The fourth-order valence-corrected chi connectivity index (χ4v) is 1.56. The maximum atomic E-state index is 13.5. The monoisotopic (exact) mass is 225 g/mol. The molecule has 3 nitrogen and oxygen atoms in total. The van der Waals surface area contributed by atoms with Gasteiger partial charge in [-0.05, 0) is 18.6 Å². The van der Waals surface area contributed by atoms with Gasteiger partial charge in [0, 0.05) is 13.1 Å². The third-order valence-corrected chi connectivity index (χ3v) is 2.28. The van der Waals surface area contributed by atoms with E-state index in [0.29, 0.717) is 18.8 Å². The second kappa shape index (κ2) is 6.10. The van der Waals surface area contributed by atoms with Crippen LogP contribution in [0.4, 0.5) is 10.1 Å². The van der Waals surface area contributed by atoms with Crippen LogP contribution >= 0.6 is 0 Å². The Hall–Kier alpha value is -1.58. The van der Waals surface area contributed by atoms with Crippen LogP contribution in [0.5, 0.6) is 0 Å². The summed E-state index contributed by atoms with van der Waals surface area (Å²) in [5, 5.41) is 8.63. The van der Waals surface area contributed by atoms with Crippen LogP contribution in [0.25, 0.3) is 0 Å². The molecule has 1 aromatic carbocycles. The van der Waals surface area contributed by atoms with Gasteiger partial charge in [0.25, 0.3) is 0 Å². The van der Waals surface area contributed by atoms with Gasteiger partial charge in [-0.2, -0.15) is 0 Å². The number of carboxylic acid groups (broad SMARTS) is 1. The molecule has 0 aromatic heterocycles. The molecule has 1 N–H and O–H groups in total. The van der Waals surface area contributed by atoms with Gasteiger partial charge in [0.1, 0.15) is 5.82 Å². The van der Waals surface area contributed by atoms with Crippen molar-refractivity contribution in [2.24, 2.45) is 0 Å². The van der Waals surface area contributed by atoms with Crippen LogP contribution in [-0.2, 0) is 4.79 Å². The Labute approximate surface area is 94.5 Å². The first-order chi connectivity index (χ1) is 7.65. The lowest BCUT2D eigenvalue weighted by Crippen LogP contribution is -2.27. The predicted molar refractivity (Wildman–Crippen MR) is 61.2 cm³/mol. The zero-order valence-electron chi connectivity index (χ0n) is 9.32. The largest absolute Gasteiger partial charge is 0.481 e. The van der Waals surface area contributed by atoms with Gasteiger partial charge >= 0.3 is 5.97 Å². The normalized spacial score (nSPS) is 10.1. The molecule has 1 aromatic rings. The van der Waals surface area contributed by atoms with Gasteiger partial charge in [0.15, 0.2) is 0 Å². The van der Waals surface area contributed by atoms with Crippen LogP contribution in [0.1, 0.15) is 19.8 Å². The summed E-state index contributed by atoms with van der Waals surface area (Å²) in [6.45, 7) is 2.98. The Balaban J connectivity index is 2.76. The number of nitrogens with zero attached hydrogens (tertiary/aromatic N) is 1. The van der Waals surface area contributed by atoms with E-state index in [1.165, 1.54) is 6.07 Å².